The van der Waals surface area contributed by atoms with E-state index in [1.807, 2.05) is 29.2 Å². The first-order valence-electron chi connectivity index (χ1n) is 5.77. The fourth-order valence-electron chi connectivity index (χ4n) is 2.28. The second kappa shape index (κ2) is 4.62. The van der Waals surface area contributed by atoms with Crippen LogP contribution in [0.1, 0.15) is 11.1 Å². The van der Waals surface area contributed by atoms with E-state index in [-0.39, 0.29) is 5.69 Å². The molecule has 0 bridgehead atoms. The molecule has 1 aliphatic heterocycles. The van der Waals surface area contributed by atoms with Gasteiger partial charge in [-0.1, -0.05) is 24.3 Å². The van der Waals surface area contributed by atoms with E-state index in [0.29, 0.717) is 23.4 Å². The highest BCUT2D eigenvalue weighted by Gasteiger charge is 2.26. The first-order chi connectivity index (χ1) is 9.15. The molecule has 0 fully saturated rings. The number of hydrogen-bond acceptors (Lipinski definition) is 4. The normalized spacial score (nSPS) is 13.4. The maximum atomic E-state index is 11.1. The Morgan fingerprint density at radius 1 is 1.26 bits per heavy atom. The van der Waals surface area contributed by atoms with Crippen LogP contribution in [0.2, 0.25) is 0 Å². The molecule has 0 saturated carbocycles. The molecule has 5 nitrogen and oxygen atoms in total. The molecule has 1 aromatic carbocycles. The van der Waals surface area contributed by atoms with Gasteiger partial charge < -0.3 is 4.90 Å². The fourth-order valence-corrected chi connectivity index (χ4v) is 2.60. The quantitative estimate of drug-likeness (QED) is 0.629. The minimum Gasteiger partial charge on any atom is -0.342 e. The van der Waals surface area contributed by atoms with E-state index in [4.69, 9.17) is 0 Å². The van der Waals surface area contributed by atoms with Crippen molar-refractivity contribution in [3.05, 3.63) is 62.2 Å². The van der Waals surface area contributed by atoms with Crippen LogP contribution in [-0.4, -0.2) is 9.91 Å². The summed E-state index contributed by atoms with van der Waals surface area (Å²) in [6.07, 6.45) is 1.59. The lowest BCUT2D eigenvalue weighted by Gasteiger charge is -2.16. The summed E-state index contributed by atoms with van der Waals surface area (Å²) in [4.78, 5) is 16.9. The second-order valence-corrected chi connectivity index (χ2v) is 5.29. The largest absolute Gasteiger partial charge is 0.342 e. The van der Waals surface area contributed by atoms with Gasteiger partial charge in [-0.15, -0.1) is 0 Å². The molecule has 0 radical (unpaired) electrons. The Balaban J connectivity index is 1.99. The number of nitrogens with zero attached hydrogens (tertiary/aromatic N) is 3. The average molecular weight is 320 g/mol. The number of fused-ring (bicyclic) bond motifs is 1. The summed E-state index contributed by atoms with van der Waals surface area (Å²) < 4.78 is 0.611. The number of nitro groups is 1. The maximum absolute atomic E-state index is 11.1. The van der Waals surface area contributed by atoms with Crippen molar-refractivity contribution in [3.63, 3.8) is 0 Å². The van der Waals surface area contributed by atoms with Crippen LogP contribution in [0.15, 0.2) is 41.0 Å². The van der Waals surface area contributed by atoms with E-state index in [1.165, 1.54) is 17.2 Å². The van der Waals surface area contributed by atoms with Crippen molar-refractivity contribution in [2.24, 2.45) is 0 Å². The van der Waals surface area contributed by atoms with Crippen LogP contribution in [0.5, 0.6) is 0 Å². The lowest BCUT2D eigenvalue weighted by Crippen LogP contribution is -2.17. The van der Waals surface area contributed by atoms with Gasteiger partial charge in [-0.2, -0.15) is 0 Å². The average Bonchev–Trinajstić information content (AvgIpc) is 2.82. The standard InChI is InChI=1S/C13H10BrN3O2/c14-11-5-12(17(18)19)13(15-6-11)16-7-9-3-1-2-4-10(9)8-16/h1-6H,7-8H2. The first kappa shape index (κ1) is 12.1. The molecular weight excluding hydrogens is 310 g/mol. The maximum Gasteiger partial charge on any atom is 0.312 e. The van der Waals surface area contributed by atoms with Crippen LogP contribution in [0, 0.1) is 10.1 Å². The Hall–Kier alpha value is -1.95. The van der Waals surface area contributed by atoms with Gasteiger partial charge in [0.2, 0.25) is 5.82 Å². The first-order valence-corrected chi connectivity index (χ1v) is 6.56. The van der Waals surface area contributed by atoms with Crippen LogP contribution in [0.25, 0.3) is 0 Å². The molecule has 6 heteroatoms. The number of aromatic nitrogens is 1. The summed E-state index contributed by atoms with van der Waals surface area (Å²) in [7, 11) is 0. The lowest BCUT2D eigenvalue weighted by molar-refractivity contribution is -0.384. The molecule has 2 heterocycles. The predicted molar refractivity (Wildman–Crippen MR) is 74.9 cm³/mol. The van der Waals surface area contributed by atoms with E-state index in [1.54, 1.807) is 6.20 Å². The molecule has 1 aliphatic rings. The molecule has 1 aromatic heterocycles. The molecule has 2 aromatic rings. The molecular formula is C13H10BrN3O2. The highest BCUT2D eigenvalue weighted by molar-refractivity contribution is 9.10. The predicted octanol–water partition coefficient (Wildman–Crippen LogP) is 3.27. The number of halogens is 1. The zero-order chi connectivity index (χ0) is 13.4. The molecule has 0 N–H and O–H groups in total. The fraction of sp³-hybridized carbons (Fsp3) is 0.154. The van der Waals surface area contributed by atoms with Gasteiger partial charge in [0.1, 0.15) is 0 Å². The van der Waals surface area contributed by atoms with Crippen LogP contribution >= 0.6 is 15.9 Å². The van der Waals surface area contributed by atoms with Crippen LogP contribution in [0.3, 0.4) is 0 Å². The molecule has 19 heavy (non-hydrogen) atoms. The lowest BCUT2D eigenvalue weighted by atomic mass is 10.1. The van der Waals surface area contributed by atoms with Crippen molar-refractivity contribution >= 4 is 27.4 Å². The zero-order valence-electron chi connectivity index (χ0n) is 9.91. The van der Waals surface area contributed by atoms with Crippen LogP contribution < -0.4 is 4.90 Å². The molecule has 0 aliphatic carbocycles. The van der Waals surface area contributed by atoms with Crippen LogP contribution in [0.4, 0.5) is 11.5 Å². The summed E-state index contributed by atoms with van der Waals surface area (Å²) in [6, 6.07) is 9.53. The topological polar surface area (TPSA) is 59.3 Å². The van der Waals surface area contributed by atoms with Crippen molar-refractivity contribution in [1.82, 2.24) is 4.98 Å². The Kier molecular flexibility index (Phi) is 2.94. The molecule has 3 rings (SSSR count). The zero-order valence-corrected chi connectivity index (χ0v) is 11.5. The number of hydrogen-bond donors (Lipinski definition) is 0. The van der Waals surface area contributed by atoms with Crippen molar-refractivity contribution in [3.8, 4) is 0 Å². The van der Waals surface area contributed by atoms with Crippen molar-refractivity contribution in [1.29, 1.82) is 0 Å². The molecule has 0 saturated heterocycles. The summed E-state index contributed by atoms with van der Waals surface area (Å²) in [5.41, 5.74) is 2.42. The summed E-state index contributed by atoms with van der Waals surface area (Å²) in [5.74, 6) is 0.421. The monoisotopic (exact) mass is 319 g/mol. The van der Waals surface area contributed by atoms with Gasteiger partial charge >= 0.3 is 5.69 Å². The molecule has 0 spiro atoms. The van der Waals surface area contributed by atoms with Gasteiger partial charge in [0.15, 0.2) is 0 Å². The number of pyridine rings is 1. The minimum absolute atomic E-state index is 0.0298. The minimum atomic E-state index is -0.393. The Morgan fingerprint density at radius 2 is 1.89 bits per heavy atom. The Labute approximate surface area is 118 Å². The molecule has 96 valence electrons. The van der Waals surface area contributed by atoms with E-state index < -0.39 is 4.92 Å². The van der Waals surface area contributed by atoms with Gasteiger partial charge in [0, 0.05) is 29.8 Å². The van der Waals surface area contributed by atoms with Gasteiger partial charge in [-0.3, -0.25) is 10.1 Å². The van der Waals surface area contributed by atoms with Crippen molar-refractivity contribution < 1.29 is 4.92 Å². The van der Waals surface area contributed by atoms with Crippen molar-refractivity contribution in [2.75, 3.05) is 4.90 Å². The van der Waals surface area contributed by atoms with Crippen molar-refractivity contribution in [2.45, 2.75) is 13.1 Å². The second-order valence-electron chi connectivity index (χ2n) is 4.38. The van der Waals surface area contributed by atoms with E-state index >= 15 is 0 Å². The molecule has 0 unspecified atom stereocenters. The number of benzene rings is 1. The van der Waals surface area contributed by atoms with Gasteiger partial charge in [0.05, 0.1) is 4.92 Å². The Bertz CT molecular complexity index is 635. The van der Waals surface area contributed by atoms with Gasteiger partial charge in [-0.05, 0) is 27.1 Å². The summed E-state index contributed by atoms with van der Waals surface area (Å²) in [5, 5.41) is 11.1. The molecule has 0 atom stereocenters. The highest BCUT2D eigenvalue weighted by atomic mass is 79.9. The van der Waals surface area contributed by atoms with E-state index in [0.717, 1.165) is 0 Å². The Morgan fingerprint density at radius 3 is 2.47 bits per heavy atom. The summed E-state index contributed by atoms with van der Waals surface area (Å²) >= 11 is 3.22. The third kappa shape index (κ3) is 2.19. The summed E-state index contributed by atoms with van der Waals surface area (Å²) in [6.45, 7) is 1.32. The van der Waals surface area contributed by atoms with E-state index in [2.05, 4.69) is 20.9 Å². The van der Waals surface area contributed by atoms with Crippen LogP contribution in [-0.2, 0) is 13.1 Å². The third-order valence-corrected chi connectivity index (χ3v) is 3.58. The van der Waals surface area contributed by atoms with Gasteiger partial charge in [0.25, 0.3) is 0 Å². The van der Waals surface area contributed by atoms with Gasteiger partial charge in [-0.25, -0.2) is 4.98 Å². The number of rotatable bonds is 2. The third-order valence-electron chi connectivity index (χ3n) is 3.15. The smallest absolute Gasteiger partial charge is 0.312 e. The molecule has 0 amide bonds. The number of anilines is 1. The SMILES string of the molecule is O=[N+]([O-])c1cc(Br)cnc1N1Cc2ccccc2C1. The highest BCUT2D eigenvalue weighted by Crippen LogP contribution is 2.34. The van der Waals surface area contributed by atoms with E-state index in [9.17, 15) is 10.1 Å².